The molecule has 1 saturated carbocycles. The molecule has 3 heterocycles. The number of benzene rings is 1. The molecule has 3 fully saturated rings. The van der Waals surface area contributed by atoms with Crippen molar-refractivity contribution >= 4 is 23.8 Å². The van der Waals surface area contributed by atoms with Crippen LogP contribution in [0.5, 0.6) is 0 Å². The average molecular weight is 662 g/mol. The Hall–Kier alpha value is -4.25. The van der Waals surface area contributed by atoms with E-state index in [1.165, 1.54) is 5.56 Å². The number of piperidine rings is 1. The summed E-state index contributed by atoms with van der Waals surface area (Å²) in [6.45, 7) is 4.54. The number of nitrogens with zero attached hydrogens (tertiary/aromatic N) is 3. The first kappa shape index (κ1) is 36.2. The number of hydrogen-bond acceptors (Lipinski definition) is 7. The van der Waals surface area contributed by atoms with Crippen LogP contribution < -0.4 is 10.6 Å². The molecule has 4 N–H and O–H groups in total. The first-order valence-electron chi connectivity index (χ1n) is 14.1. The van der Waals surface area contributed by atoms with Crippen molar-refractivity contribution in [3.05, 3.63) is 66.0 Å². The van der Waals surface area contributed by atoms with Crippen LogP contribution in [0.2, 0.25) is 0 Å². The normalized spacial score (nSPS) is 20.8. The van der Waals surface area contributed by atoms with Gasteiger partial charge < -0.3 is 25.7 Å². The topological polar surface area (TPSA) is 152 Å². The highest BCUT2D eigenvalue weighted by atomic mass is 19.4. The van der Waals surface area contributed by atoms with E-state index in [9.17, 15) is 35.9 Å². The first-order valence-corrected chi connectivity index (χ1v) is 14.1. The van der Waals surface area contributed by atoms with E-state index in [4.69, 9.17) is 19.8 Å². The molecule has 2 saturated heterocycles. The number of alkyl halides is 6. The van der Waals surface area contributed by atoms with Gasteiger partial charge in [0.15, 0.2) is 0 Å². The number of likely N-dealkylation sites (tertiary alicyclic amines) is 1. The molecule has 1 aromatic carbocycles. The van der Waals surface area contributed by atoms with E-state index in [1.54, 1.807) is 6.20 Å². The van der Waals surface area contributed by atoms with E-state index in [0.29, 0.717) is 19.1 Å². The van der Waals surface area contributed by atoms with Crippen molar-refractivity contribution < 1.29 is 55.7 Å². The minimum Gasteiger partial charge on any atom is -0.475 e. The van der Waals surface area contributed by atoms with E-state index in [0.717, 1.165) is 51.0 Å². The second kappa shape index (κ2) is 15.4. The lowest BCUT2D eigenvalue weighted by Crippen LogP contribution is -2.56. The predicted octanol–water partition coefficient (Wildman–Crippen LogP) is 2.99. The third-order valence-corrected chi connectivity index (χ3v) is 7.81. The zero-order valence-corrected chi connectivity index (χ0v) is 24.4. The van der Waals surface area contributed by atoms with Gasteiger partial charge in [-0.15, -0.1) is 0 Å². The highest BCUT2D eigenvalue weighted by molar-refractivity contribution is 5.88. The van der Waals surface area contributed by atoms with Crippen LogP contribution in [0, 0.1) is 5.92 Å². The number of carboxylic acid groups (broad SMARTS) is 2. The smallest absolute Gasteiger partial charge is 0.475 e. The molecule has 5 rings (SSSR count). The summed E-state index contributed by atoms with van der Waals surface area (Å²) in [6, 6.07) is 14.3. The van der Waals surface area contributed by atoms with Crippen LogP contribution in [0.25, 0.3) is 0 Å². The summed E-state index contributed by atoms with van der Waals surface area (Å²) in [5.74, 6) is -4.71. The molecule has 46 heavy (non-hydrogen) atoms. The Morgan fingerprint density at radius 2 is 1.54 bits per heavy atom. The summed E-state index contributed by atoms with van der Waals surface area (Å²) < 4.78 is 63.5. The van der Waals surface area contributed by atoms with Crippen LogP contribution in [0.15, 0.2) is 54.9 Å². The van der Waals surface area contributed by atoms with Gasteiger partial charge in [0.1, 0.15) is 5.54 Å². The van der Waals surface area contributed by atoms with Crippen LogP contribution in [0.1, 0.15) is 36.3 Å². The van der Waals surface area contributed by atoms with Crippen molar-refractivity contribution in [1.82, 2.24) is 25.4 Å². The number of amides is 2. The Balaban J connectivity index is 0.000000345. The van der Waals surface area contributed by atoms with Gasteiger partial charge in [0.05, 0.1) is 6.67 Å². The molecule has 2 aromatic rings. The minimum atomic E-state index is -5.08. The molecule has 2 atom stereocenters. The van der Waals surface area contributed by atoms with E-state index < -0.39 is 29.8 Å². The third-order valence-electron chi connectivity index (χ3n) is 7.81. The maximum Gasteiger partial charge on any atom is 0.490 e. The monoisotopic (exact) mass is 661 g/mol. The maximum atomic E-state index is 12.7. The lowest BCUT2D eigenvalue weighted by atomic mass is 9.86. The van der Waals surface area contributed by atoms with Gasteiger partial charge >= 0.3 is 24.3 Å². The number of rotatable bonds is 7. The summed E-state index contributed by atoms with van der Waals surface area (Å²) in [5, 5.41) is 20.4. The molecule has 1 aliphatic carbocycles. The van der Waals surface area contributed by atoms with Crippen LogP contribution in [0.3, 0.4) is 0 Å². The molecule has 2 aliphatic heterocycles. The molecule has 1 spiro atoms. The molecule has 2 amide bonds. The maximum absolute atomic E-state index is 12.7. The summed E-state index contributed by atoms with van der Waals surface area (Å²) in [5.41, 5.74) is 1.97. The Bertz CT molecular complexity index is 1310. The summed E-state index contributed by atoms with van der Waals surface area (Å²) >= 11 is 0. The molecule has 252 valence electrons. The van der Waals surface area contributed by atoms with Gasteiger partial charge in [-0.1, -0.05) is 36.4 Å². The molecule has 3 aliphatic rings. The Morgan fingerprint density at radius 1 is 0.957 bits per heavy atom. The van der Waals surface area contributed by atoms with Crippen molar-refractivity contribution in [2.45, 2.75) is 49.6 Å². The van der Waals surface area contributed by atoms with Crippen LogP contribution in [0.4, 0.5) is 26.3 Å². The number of nitrogens with one attached hydrogen (secondary N) is 2. The number of aliphatic carboxylic acids is 2. The third kappa shape index (κ3) is 10.1. The van der Waals surface area contributed by atoms with Crippen LogP contribution >= 0.6 is 0 Å². The Morgan fingerprint density at radius 3 is 2.07 bits per heavy atom. The SMILES string of the molecule is O=C(NCCN1CCC2(CC1)C(=O)NCN2Cc1cccnc1)[C@@H]1C[C@H]1c1ccccc1.O=C(O)C(F)(F)F.O=C(O)C(F)(F)F. The second-order valence-electron chi connectivity index (χ2n) is 10.9. The predicted molar refractivity (Wildman–Crippen MR) is 149 cm³/mol. The fraction of sp³-hybridized carbons (Fsp3) is 0.483. The van der Waals surface area contributed by atoms with E-state index in [2.05, 4.69) is 43.6 Å². The first-order chi connectivity index (χ1) is 21.5. The van der Waals surface area contributed by atoms with Gasteiger partial charge in [0, 0.05) is 51.0 Å². The number of carbonyl (C=O) groups is 4. The quantitative estimate of drug-likeness (QED) is 0.328. The number of carboxylic acids is 2. The number of aromatic nitrogens is 1. The van der Waals surface area contributed by atoms with Gasteiger partial charge in [0.2, 0.25) is 11.8 Å². The average Bonchev–Trinajstić information content (AvgIpc) is 3.76. The molecular formula is C29H33F6N5O6. The van der Waals surface area contributed by atoms with Gasteiger partial charge in [-0.25, -0.2) is 9.59 Å². The minimum absolute atomic E-state index is 0.116. The lowest BCUT2D eigenvalue weighted by molar-refractivity contribution is -0.193. The van der Waals surface area contributed by atoms with Crippen molar-refractivity contribution in [3.63, 3.8) is 0 Å². The summed E-state index contributed by atoms with van der Waals surface area (Å²) in [6.07, 6.45) is -3.95. The standard InChI is InChI=1S/C25H31N5O2.2C2HF3O2/c31-23(22-15-21(22)20-6-2-1-3-7-20)27-11-14-29-12-8-25(9-13-29)24(32)28-18-30(25)17-19-5-4-10-26-16-19;2*3-2(4,5)1(6)7/h1-7,10,16,21-22H,8-9,11-15,17-18H2,(H,27,31)(H,28,32);2*(H,6,7)/t21-,22+;;/m0../s1. The highest BCUT2D eigenvalue weighted by Crippen LogP contribution is 2.47. The number of halogens is 6. The summed E-state index contributed by atoms with van der Waals surface area (Å²) in [4.78, 5) is 51.9. The molecule has 0 unspecified atom stereocenters. The van der Waals surface area contributed by atoms with Crippen molar-refractivity contribution in [2.75, 3.05) is 32.8 Å². The second-order valence-corrected chi connectivity index (χ2v) is 10.9. The Labute approximate surface area is 259 Å². The van der Waals surface area contributed by atoms with Crippen molar-refractivity contribution in [3.8, 4) is 0 Å². The zero-order valence-electron chi connectivity index (χ0n) is 24.4. The highest BCUT2D eigenvalue weighted by Gasteiger charge is 2.50. The number of carbonyl (C=O) groups excluding carboxylic acids is 2. The van der Waals surface area contributed by atoms with Crippen LogP contribution in [-0.2, 0) is 25.7 Å². The number of hydrogen-bond donors (Lipinski definition) is 4. The van der Waals surface area contributed by atoms with Gasteiger partial charge in [-0.3, -0.25) is 19.5 Å². The van der Waals surface area contributed by atoms with E-state index in [1.807, 2.05) is 30.5 Å². The van der Waals surface area contributed by atoms with Crippen molar-refractivity contribution in [1.29, 1.82) is 0 Å². The fourth-order valence-electron chi connectivity index (χ4n) is 5.26. The molecule has 0 radical (unpaired) electrons. The lowest BCUT2D eigenvalue weighted by Gasteiger charge is -2.42. The molecule has 17 heteroatoms. The van der Waals surface area contributed by atoms with Crippen molar-refractivity contribution in [2.24, 2.45) is 5.92 Å². The fourth-order valence-corrected chi connectivity index (χ4v) is 5.26. The molecule has 0 bridgehead atoms. The summed E-state index contributed by atoms with van der Waals surface area (Å²) in [7, 11) is 0. The number of pyridine rings is 1. The largest absolute Gasteiger partial charge is 0.490 e. The molecule has 1 aromatic heterocycles. The molecular weight excluding hydrogens is 628 g/mol. The van der Waals surface area contributed by atoms with E-state index in [-0.39, 0.29) is 17.7 Å². The van der Waals surface area contributed by atoms with Gasteiger partial charge in [-0.2, -0.15) is 26.3 Å². The van der Waals surface area contributed by atoms with Gasteiger partial charge in [-0.05, 0) is 42.4 Å². The van der Waals surface area contributed by atoms with Crippen LogP contribution in [-0.4, -0.2) is 99.5 Å². The van der Waals surface area contributed by atoms with Gasteiger partial charge in [0.25, 0.3) is 0 Å². The zero-order chi connectivity index (χ0) is 34.1. The molecule has 11 nitrogen and oxygen atoms in total. The van der Waals surface area contributed by atoms with E-state index >= 15 is 0 Å². The Kier molecular flexibility index (Phi) is 12.1.